The number of nitrogen functional groups attached to an aromatic ring is 1. The number of aromatic nitrogens is 4. The summed E-state index contributed by atoms with van der Waals surface area (Å²) < 4.78 is 5.14. The molecule has 0 amide bonds. The largest absolute Gasteiger partial charge is 0.481 e. The lowest BCUT2D eigenvalue weighted by Crippen LogP contribution is -2.30. The van der Waals surface area contributed by atoms with Crippen LogP contribution in [0.25, 0.3) is 22.1 Å². The molecular weight excluding hydrogens is 478 g/mol. The molecule has 8 nitrogen and oxygen atoms in total. The van der Waals surface area contributed by atoms with Crippen molar-refractivity contribution >= 4 is 45.5 Å². The standard InChI is InChI=1S/C27H26ClN5O3/c1-15-10-16(2)25-18(13-31(3)22(25)11-15)14-32-20-8-9-23(29)30-26(20)33(27(32)36)21(12-24(34)35)17-4-6-19(28)7-5-17/h4-11,13,21H,12,14H2,1-3H3,(H2,29,30)(H,34,35). The number of aryl methyl sites for hydroxylation is 3. The first-order chi connectivity index (χ1) is 17.1. The number of aliphatic carboxylic acids is 1. The summed E-state index contributed by atoms with van der Waals surface area (Å²) in [5.41, 5.74) is 11.6. The molecule has 0 saturated heterocycles. The van der Waals surface area contributed by atoms with Crippen molar-refractivity contribution in [1.82, 2.24) is 18.7 Å². The number of hydrogen-bond acceptors (Lipinski definition) is 4. The van der Waals surface area contributed by atoms with Crippen LogP contribution in [0.4, 0.5) is 5.82 Å². The second-order valence-corrected chi connectivity index (χ2v) is 9.66. The number of anilines is 1. The first-order valence-corrected chi connectivity index (χ1v) is 11.9. The summed E-state index contributed by atoms with van der Waals surface area (Å²) in [7, 11) is 1.99. The van der Waals surface area contributed by atoms with Crippen molar-refractivity contribution in [3.63, 3.8) is 0 Å². The van der Waals surface area contributed by atoms with Gasteiger partial charge in [0.2, 0.25) is 0 Å². The van der Waals surface area contributed by atoms with Crippen molar-refractivity contribution < 1.29 is 9.90 Å². The molecule has 3 aromatic heterocycles. The summed E-state index contributed by atoms with van der Waals surface area (Å²) in [6.45, 7) is 4.43. The Hall–Kier alpha value is -4.04. The monoisotopic (exact) mass is 503 g/mol. The molecule has 184 valence electrons. The Labute approximate surface area is 212 Å². The van der Waals surface area contributed by atoms with Gasteiger partial charge in [0.25, 0.3) is 0 Å². The molecule has 1 atom stereocenters. The van der Waals surface area contributed by atoms with Crippen molar-refractivity contribution in [2.45, 2.75) is 32.9 Å². The van der Waals surface area contributed by atoms with Gasteiger partial charge in [-0.3, -0.25) is 13.9 Å². The molecule has 0 radical (unpaired) electrons. The number of pyridine rings is 1. The minimum absolute atomic E-state index is 0.245. The Kier molecular flexibility index (Phi) is 5.84. The van der Waals surface area contributed by atoms with E-state index in [1.807, 2.05) is 13.2 Å². The van der Waals surface area contributed by atoms with Crippen LogP contribution in [0, 0.1) is 13.8 Å². The number of nitrogens with zero attached hydrogens (tertiary/aromatic N) is 4. The Bertz CT molecular complexity index is 1700. The highest BCUT2D eigenvalue weighted by Gasteiger charge is 2.26. The lowest BCUT2D eigenvalue weighted by molar-refractivity contribution is -0.137. The van der Waals surface area contributed by atoms with E-state index >= 15 is 0 Å². The van der Waals surface area contributed by atoms with Gasteiger partial charge in [-0.1, -0.05) is 29.8 Å². The number of halogens is 1. The fourth-order valence-electron chi connectivity index (χ4n) is 5.11. The van der Waals surface area contributed by atoms with Crippen LogP contribution in [0.1, 0.15) is 34.7 Å². The van der Waals surface area contributed by atoms with Crippen molar-refractivity contribution in [2.24, 2.45) is 7.05 Å². The van der Waals surface area contributed by atoms with Gasteiger partial charge in [-0.25, -0.2) is 9.78 Å². The number of nitrogens with two attached hydrogens (primary N) is 1. The number of rotatable bonds is 6. The Morgan fingerprint density at radius 1 is 1.11 bits per heavy atom. The lowest BCUT2D eigenvalue weighted by atomic mass is 10.0. The minimum Gasteiger partial charge on any atom is -0.481 e. The number of hydrogen-bond donors (Lipinski definition) is 2. The van der Waals surface area contributed by atoms with Crippen LogP contribution in [0.15, 0.2) is 59.5 Å². The highest BCUT2D eigenvalue weighted by molar-refractivity contribution is 6.30. The van der Waals surface area contributed by atoms with E-state index in [0.29, 0.717) is 28.3 Å². The zero-order valence-corrected chi connectivity index (χ0v) is 21.0. The van der Waals surface area contributed by atoms with Crippen LogP contribution < -0.4 is 11.4 Å². The van der Waals surface area contributed by atoms with E-state index in [9.17, 15) is 14.7 Å². The van der Waals surface area contributed by atoms with Crippen molar-refractivity contribution in [3.05, 3.63) is 92.5 Å². The summed E-state index contributed by atoms with van der Waals surface area (Å²) in [6, 6.07) is 13.7. The number of benzene rings is 2. The number of carboxylic acid groups (broad SMARTS) is 1. The first-order valence-electron chi connectivity index (χ1n) is 11.5. The molecule has 0 spiro atoms. The molecule has 36 heavy (non-hydrogen) atoms. The second kappa shape index (κ2) is 8.87. The minimum atomic E-state index is -1.04. The highest BCUT2D eigenvalue weighted by atomic mass is 35.5. The lowest BCUT2D eigenvalue weighted by Gasteiger charge is -2.17. The predicted molar refractivity (Wildman–Crippen MR) is 142 cm³/mol. The third-order valence-electron chi connectivity index (χ3n) is 6.60. The third-order valence-corrected chi connectivity index (χ3v) is 6.86. The molecule has 0 saturated carbocycles. The molecule has 5 aromatic rings. The fourth-order valence-corrected chi connectivity index (χ4v) is 5.23. The molecule has 0 bridgehead atoms. The van der Waals surface area contributed by atoms with Gasteiger partial charge in [0.15, 0.2) is 5.65 Å². The summed E-state index contributed by atoms with van der Waals surface area (Å²) in [4.78, 5) is 30.3. The summed E-state index contributed by atoms with van der Waals surface area (Å²) >= 11 is 6.06. The molecular formula is C27H26ClN5O3. The molecule has 0 aliphatic rings. The highest BCUT2D eigenvalue weighted by Crippen LogP contribution is 2.30. The molecule has 0 aliphatic carbocycles. The van der Waals surface area contributed by atoms with E-state index in [2.05, 4.69) is 35.5 Å². The van der Waals surface area contributed by atoms with E-state index in [0.717, 1.165) is 22.0 Å². The van der Waals surface area contributed by atoms with E-state index in [1.165, 1.54) is 10.1 Å². The molecule has 0 fully saturated rings. The summed E-state index contributed by atoms with van der Waals surface area (Å²) in [5, 5.41) is 11.3. The summed E-state index contributed by atoms with van der Waals surface area (Å²) in [5.74, 6) is -0.790. The smallest absolute Gasteiger partial charge is 0.331 e. The van der Waals surface area contributed by atoms with Crippen LogP contribution >= 0.6 is 11.6 Å². The number of fused-ring (bicyclic) bond motifs is 2. The predicted octanol–water partition coefficient (Wildman–Crippen LogP) is 4.65. The molecule has 5 rings (SSSR count). The average Bonchev–Trinajstić information content (AvgIpc) is 3.26. The van der Waals surface area contributed by atoms with E-state index in [4.69, 9.17) is 17.3 Å². The Balaban J connectivity index is 1.74. The van der Waals surface area contributed by atoms with Gasteiger partial charge in [0.05, 0.1) is 24.5 Å². The van der Waals surface area contributed by atoms with E-state index in [-0.39, 0.29) is 17.9 Å². The van der Waals surface area contributed by atoms with Gasteiger partial charge < -0.3 is 15.4 Å². The topological polar surface area (TPSA) is 108 Å². The maximum atomic E-state index is 14.0. The van der Waals surface area contributed by atoms with Gasteiger partial charge in [-0.2, -0.15) is 0 Å². The normalized spacial score (nSPS) is 12.4. The van der Waals surface area contributed by atoms with Crippen LogP contribution in [0.5, 0.6) is 0 Å². The zero-order chi connectivity index (χ0) is 25.7. The third kappa shape index (κ3) is 4.03. The van der Waals surface area contributed by atoms with Gasteiger partial charge in [0.1, 0.15) is 5.82 Å². The molecule has 3 N–H and O–H groups in total. The van der Waals surface area contributed by atoms with Crippen molar-refractivity contribution in [3.8, 4) is 0 Å². The molecule has 2 aromatic carbocycles. The zero-order valence-electron chi connectivity index (χ0n) is 20.2. The van der Waals surface area contributed by atoms with Crippen LogP contribution in [0.2, 0.25) is 5.02 Å². The number of carbonyl (C=O) groups is 1. The molecule has 3 heterocycles. The van der Waals surface area contributed by atoms with Gasteiger partial charge in [0, 0.05) is 29.2 Å². The van der Waals surface area contributed by atoms with Gasteiger partial charge in [-0.15, -0.1) is 0 Å². The number of imidazole rings is 1. The maximum Gasteiger partial charge on any atom is 0.331 e. The quantitative estimate of drug-likeness (QED) is 0.350. The Morgan fingerprint density at radius 3 is 2.53 bits per heavy atom. The first kappa shape index (κ1) is 23.7. The van der Waals surface area contributed by atoms with E-state index in [1.54, 1.807) is 41.0 Å². The molecule has 9 heteroatoms. The summed E-state index contributed by atoms with van der Waals surface area (Å²) in [6.07, 6.45) is 1.73. The van der Waals surface area contributed by atoms with Crippen LogP contribution in [-0.2, 0) is 18.4 Å². The molecule has 1 unspecified atom stereocenters. The van der Waals surface area contributed by atoms with Crippen LogP contribution in [-0.4, -0.2) is 29.8 Å². The Morgan fingerprint density at radius 2 is 1.83 bits per heavy atom. The van der Waals surface area contributed by atoms with Gasteiger partial charge >= 0.3 is 11.7 Å². The fraction of sp³-hybridized carbons (Fsp3) is 0.222. The molecule has 0 aliphatic heterocycles. The van der Waals surface area contributed by atoms with Crippen molar-refractivity contribution in [1.29, 1.82) is 0 Å². The maximum absolute atomic E-state index is 14.0. The van der Waals surface area contributed by atoms with E-state index < -0.39 is 12.0 Å². The second-order valence-electron chi connectivity index (χ2n) is 9.22. The van der Waals surface area contributed by atoms with Crippen molar-refractivity contribution in [2.75, 3.05) is 5.73 Å². The van der Waals surface area contributed by atoms with Crippen LogP contribution in [0.3, 0.4) is 0 Å². The SMILES string of the molecule is Cc1cc(C)c2c(Cn3c(=O)n(C(CC(=O)O)c4ccc(Cl)cc4)c4nc(N)ccc43)cn(C)c2c1. The van der Waals surface area contributed by atoms with Gasteiger partial charge in [-0.05, 0) is 66.4 Å². The number of carboxylic acids is 1. The average molecular weight is 504 g/mol.